The number of aliphatic hydroxyl groups is 12. The number of hydrogen-bond acceptors (Lipinski definition) is 13. The van der Waals surface area contributed by atoms with Crippen LogP contribution in [0.4, 0.5) is 0 Å². The first kappa shape index (κ1) is 62.5. The van der Waals surface area contributed by atoms with Gasteiger partial charge in [0.25, 0.3) is 0 Å². The van der Waals surface area contributed by atoms with Crippen LogP contribution in [0.2, 0.25) is 0 Å². The molecule has 0 aliphatic heterocycles. The van der Waals surface area contributed by atoms with Gasteiger partial charge in [0.2, 0.25) is 0 Å². The Hall–Kier alpha value is -0.520. The summed E-state index contributed by atoms with van der Waals surface area (Å²) in [6.07, 6.45) is 18.1. The van der Waals surface area contributed by atoms with Crippen molar-refractivity contribution in [3.05, 3.63) is 0 Å². The van der Waals surface area contributed by atoms with E-state index in [0.29, 0.717) is 25.7 Å². The normalized spacial score (nSPS) is 18.0. The molecule has 0 aliphatic carbocycles. The van der Waals surface area contributed by atoms with E-state index in [4.69, 9.17) is 4.74 Å². The van der Waals surface area contributed by atoms with Crippen molar-refractivity contribution in [1.82, 2.24) is 0 Å². The summed E-state index contributed by atoms with van der Waals surface area (Å²) in [6, 6.07) is 0. The maximum absolute atomic E-state index is 11.3. The van der Waals surface area contributed by atoms with Crippen molar-refractivity contribution in [1.29, 1.82) is 0 Å². The number of unbranched alkanes of at least 4 members (excludes halogenated alkanes) is 22. The van der Waals surface area contributed by atoms with E-state index < -0.39 is 99.3 Å². The van der Waals surface area contributed by atoms with Crippen LogP contribution in [0, 0.1) is 11.8 Å². The molecule has 0 bridgehead atoms. The molecule has 0 saturated carbocycles. The molecule has 0 amide bonds. The molecule has 8 atom stereocenters. The quantitative estimate of drug-likeness (QED) is 0.0298. The van der Waals surface area contributed by atoms with E-state index in [1.807, 2.05) is 0 Å². The molecule has 0 radical (unpaired) electrons. The molecule has 8 unspecified atom stereocenters. The summed E-state index contributed by atoms with van der Waals surface area (Å²) in [5.74, 6) is -1.42. The second-order valence-corrected chi connectivity index (χ2v) is 19.3. The number of aliphatic hydroxyl groups excluding tert-OH is 12. The molecule has 0 heterocycles. The van der Waals surface area contributed by atoms with Crippen molar-refractivity contribution in [2.24, 2.45) is 11.8 Å². The molecular weight excluding hydrogens is 809 g/mol. The van der Waals surface area contributed by atoms with E-state index in [-0.39, 0.29) is 38.5 Å². The topological polar surface area (TPSA) is 252 Å². The molecule has 0 spiro atoms. The lowest BCUT2D eigenvalue weighted by Crippen LogP contribution is -2.58. The van der Waals surface area contributed by atoms with Gasteiger partial charge in [0.1, 0.15) is 0 Å². The molecule has 0 fully saturated rings. The van der Waals surface area contributed by atoms with Gasteiger partial charge in [-0.05, 0) is 37.5 Å². The molecule has 0 aromatic heterocycles. The SMILES string of the molecule is CCCCCCCCCCCCCCC(CC(O)CO)C(CC(O)CO)(CC(O)CO)OC(CC(O)CO)(CC(O)CO)C(CCCCCCCCCCCCCC)CC(O)CO. The Morgan fingerprint density at radius 1 is 0.302 bits per heavy atom. The fourth-order valence-electron chi connectivity index (χ4n) is 9.89. The molecule has 0 saturated heterocycles. The van der Waals surface area contributed by atoms with Gasteiger partial charge in [0, 0.05) is 25.7 Å². The Labute approximate surface area is 383 Å². The van der Waals surface area contributed by atoms with Gasteiger partial charge >= 0.3 is 0 Å². The van der Waals surface area contributed by atoms with Crippen molar-refractivity contribution in [2.75, 3.05) is 39.6 Å². The lowest BCUT2D eigenvalue weighted by Gasteiger charge is -2.54. The summed E-state index contributed by atoms with van der Waals surface area (Å²) in [4.78, 5) is 0. The molecular formula is C50H102O13. The molecule has 0 aliphatic rings. The minimum Gasteiger partial charge on any atom is -0.394 e. The second-order valence-electron chi connectivity index (χ2n) is 19.3. The standard InChI is InChI=1S/C50H102O13/c1-3-5-7-9-11-13-15-17-19-21-23-25-27-41(29-43(57)35-51)49(31-45(59)37-53,32-46(60)38-54)63-50(33-47(61)39-55,34-48(62)40-56)42(30-44(58)36-52)28-26-24-22-20-18-16-14-12-10-8-6-4-2/h41-48,51-62H,3-40H2,1-2H3. The average molecular weight is 911 g/mol. The third-order valence-corrected chi connectivity index (χ3v) is 13.4. The second kappa shape index (κ2) is 40.5. The minimum absolute atomic E-state index is 0.0469. The molecule has 0 aromatic carbocycles. The summed E-state index contributed by atoms with van der Waals surface area (Å²) >= 11 is 0. The molecule has 63 heavy (non-hydrogen) atoms. The largest absolute Gasteiger partial charge is 0.394 e. The third-order valence-electron chi connectivity index (χ3n) is 13.4. The highest BCUT2D eigenvalue weighted by Gasteiger charge is 2.53. The van der Waals surface area contributed by atoms with Crippen LogP contribution in [-0.2, 0) is 4.74 Å². The van der Waals surface area contributed by atoms with Crippen molar-refractivity contribution < 1.29 is 66.0 Å². The predicted molar refractivity (Wildman–Crippen MR) is 251 cm³/mol. The summed E-state index contributed by atoms with van der Waals surface area (Å²) in [7, 11) is 0. The van der Waals surface area contributed by atoms with Gasteiger partial charge in [-0.25, -0.2) is 0 Å². The first-order chi connectivity index (χ1) is 30.4. The lowest BCUT2D eigenvalue weighted by molar-refractivity contribution is -0.255. The van der Waals surface area contributed by atoms with Crippen molar-refractivity contribution in [3.8, 4) is 0 Å². The summed E-state index contributed by atoms with van der Waals surface area (Å²) in [5.41, 5.74) is -3.36. The molecule has 0 rings (SSSR count). The predicted octanol–water partition coefficient (Wildman–Crippen LogP) is 6.36. The van der Waals surface area contributed by atoms with E-state index in [1.165, 1.54) is 89.9 Å². The van der Waals surface area contributed by atoms with Gasteiger partial charge in [0.15, 0.2) is 0 Å². The smallest absolute Gasteiger partial charge is 0.0798 e. The fourth-order valence-corrected chi connectivity index (χ4v) is 9.89. The van der Waals surface area contributed by atoms with Gasteiger partial charge in [-0.3, -0.25) is 0 Å². The third kappa shape index (κ3) is 29.8. The van der Waals surface area contributed by atoms with Crippen LogP contribution in [-0.4, -0.2) is 149 Å². The zero-order valence-electron chi connectivity index (χ0n) is 40.3. The van der Waals surface area contributed by atoms with Crippen LogP contribution >= 0.6 is 0 Å². The maximum atomic E-state index is 11.3. The van der Waals surface area contributed by atoms with Crippen LogP contribution < -0.4 is 0 Å². The molecule has 13 nitrogen and oxygen atoms in total. The van der Waals surface area contributed by atoms with E-state index in [2.05, 4.69) is 13.8 Å². The van der Waals surface area contributed by atoms with Crippen LogP contribution in [0.3, 0.4) is 0 Å². The van der Waals surface area contributed by atoms with Crippen molar-refractivity contribution >= 4 is 0 Å². The Morgan fingerprint density at radius 3 is 0.714 bits per heavy atom. The Bertz CT molecular complexity index is 879. The maximum Gasteiger partial charge on any atom is 0.0798 e. The van der Waals surface area contributed by atoms with E-state index >= 15 is 0 Å². The highest BCUT2D eigenvalue weighted by Crippen LogP contribution is 2.48. The number of rotatable bonds is 48. The van der Waals surface area contributed by atoms with Gasteiger partial charge in [-0.1, -0.05) is 168 Å². The van der Waals surface area contributed by atoms with Crippen LogP contribution in [0.1, 0.15) is 219 Å². The fraction of sp³-hybridized carbons (Fsp3) is 1.00. The summed E-state index contributed by atoms with van der Waals surface area (Å²) < 4.78 is 7.38. The summed E-state index contributed by atoms with van der Waals surface area (Å²) in [6.45, 7) is 0.503. The van der Waals surface area contributed by atoms with Crippen LogP contribution in [0.5, 0.6) is 0 Å². The zero-order valence-corrected chi connectivity index (χ0v) is 40.3. The van der Waals surface area contributed by atoms with Gasteiger partial charge in [-0.15, -0.1) is 0 Å². The monoisotopic (exact) mass is 911 g/mol. The first-order valence-electron chi connectivity index (χ1n) is 25.8. The van der Waals surface area contributed by atoms with Gasteiger partial charge < -0.3 is 66.0 Å². The first-order valence-corrected chi connectivity index (χ1v) is 25.8. The Morgan fingerprint density at radius 2 is 0.508 bits per heavy atom. The van der Waals surface area contributed by atoms with Crippen molar-refractivity contribution in [2.45, 2.75) is 267 Å². The Kier molecular flexibility index (Phi) is 40.2. The molecule has 13 heteroatoms. The van der Waals surface area contributed by atoms with Crippen molar-refractivity contribution in [3.63, 3.8) is 0 Å². The zero-order chi connectivity index (χ0) is 47.2. The molecule has 12 N–H and O–H groups in total. The van der Waals surface area contributed by atoms with Crippen LogP contribution in [0.15, 0.2) is 0 Å². The van der Waals surface area contributed by atoms with E-state index in [1.54, 1.807) is 0 Å². The van der Waals surface area contributed by atoms with E-state index in [0.717, 1.165) is 51.4 Å². The molecule has 0 aromatic rings. The van der Waals surface area contributed by atoms with Crippen LogP contribution in [0.25, 0.3) is 0 Å². The number of hydrogen-bond donors (Lipinski definition) is 12. The highest BCUT2D eigenvalue weighted by molar-refractivity contribution is 5.02. The summed E-state index contributed by atoms with van der Waals surface area (Å²) in [5, 5.41) is 128. The number of ether oxygens (including phenoxy) is 1. The van der Waals surface area contributed by atoms with Gasteiger partial charge in [-0.2, -0.15) is 0 Å². The minimum atomic E-state index is -1.68. The van der Waals surface area contributed by atoms with E-state index in [9.17, 15) is 61.3 Å². The van der Waals surface area contributed by atoms with Gasteiger partial charge in [0.05, 0.1) is 87.5 Å². The Balaban J connectivity index is 6.91. The lowest BCUT2D eigenvalue weighted by atomic mass is 9.69. The molecule has 380 valence electrons. The average Bonchev–Trinajstić information content (AvgIpc) is 3.28. The highest BCUT2D eigenvalue weighted by atomic mass is 16.5.